The molecule has 0 aromatic heterocycles. The van der Waals surface area contributed by atoms with Crippen LogP contribution in [0.3, 0.4) is 0 Å². The summed E-state index contributed by atoms with van der Waals surface area (Å²) in [5.41, 5.74) is -0.678. The van der Waals surface area contributed by atoms with Crippen LogP contribution in [0.25, 0.3) is 0 Å². The van der Waals surface area contributed by atoms with Crippen LogP contribution in [-0.2, 0) is 6.18 Å². The molecule has 80 valence electrons. The Balaban J connectivity index is 0.000000791. The maximum atomic E-state index is 12.5. The molecule has 14 heavy (non-hydrogen) atoms. The zero-order valence-corrected chi connectivity index (χ0v) is 8.24. The topological polar surface area (TPSA) is 0 Å². The molecule has 0 spiro atoms. The molecule has 0 aliphatic carbocycles. The van der Waals surface area contributed by atoms with Crippen molar-refractivity contribution in [1.29, 1.82) is 0 Å². The van der Waals surface area contributed by atoms with Crippen molar-refractivity contribution >= 4 is 0 Å². The van der Waals surface area contributed by atoms with Gasteiger partial charge in [0.05, 0.1) is 5.56 Å². The van der Waals surface area contributed by atoms with Crippen LogP contribution in [0.15, 0.2) is 18.2 Å². The summed E-state index contributed by atoms with van der Waals surface area (Å²) in [7, 11) is 0. The summed E-state index contributed by atoms with van der Waals surface area (Å²) >= 11 is 0. The molecule has 0 nitrogen and oxygen atoms in total. The van der Waals surface area contributed by atoms with Gasteiger partial charge in [-0.05, 0) is 30.7 Å². The molecule has 0 heterocycles. The first-order chi connectivity index (χ1) is 6.39. The Kier molecular flexibility index (Phi) is 4.60. The maximum absolute atomic E-state index is 12.5. The fourth-order valence-electron chi connectivity index (χ4n) is 0.900. The van der Waals surface area contributed by atoms with Crippen molar-refractivity contribution in [3.05, 3.63) is 35.1 Å². The molecule has 0 amide bonds. The minimum Gasteiger partial charge on any atom is -0.207 e. The molecule has 0 aliphatic rings. The zero-order valence-electron chi connectivity index (χ0n) is 8.24. The summed E-state index contributed by atoms with van der Waals surface area (Å²) in [5, 5.41) is 0. The summed E-state index contributed by atoms with van der Waals surface area (Å²) < 4.78 is 48.4. The lowest BCUT2D eigenvalue weighted by Gasteiger charge is -2.06. The Morgan fingerprint density at radius 1 is 1.00 bits per heavy atom. The fraction of sp³-hybridized carbons (Fsp3) is 0.400. The van der Waals surface area contributed by atoms with Crippen LogP contribution in [0.1, 0.15) is 25.0 Å². The third-order valence-electron chi connectivity index (χ3n) is 1.37. The minimum absolute atomic E-state index is 0.266. The van der Waals surface area contributed by atoms with E-state index in [0.29, 0.717) is 6.07 Å². The lowest BCUT2D eigenvalue weighted by molar-refractivity contribution is -0.137. The van der Waals surface area contributed by atoms with E-state index in [4.69, 9.17) is 0 Å². The standard InChI is InChI=1S/C8H6F4.C2H6/c1-5-2-6(8(10,11)12)4-7(9)3-5;1-2/h2-4H,1H3;1-2H3. The molecule has 1 rings (SSSR count). The normalized spacial score (nSPS) is 10.5. The first kappa shape index (κ1) is 12.9. The molecule has 0 N–H and O–H groups in total. The van der Waals surface area contributed by atoms with Gasteiger partial charge < -0.3 is 0 Å². The Morgan fingerprint density at radius 2 is 1.50 bits per heavy atom. The molecule has 0 fully saturated rings. The molecule has 0 saturated heterocycles. The molecular formula is C10H12F4. The summed E-state index contributed by atoms with van der Waals surface area (Å²) in [5.74, 6) is -0.859. The lowest BCUT2D eigenvalue weighted by atomic mass is 10.1. The number of halogens is 4. The number of hydrogen-bond acceptors (Lipinski definition) is 0. The monoisotopic (exact) mass is 208 g/mol. The minimum atomic E-state index is -4.47. The van der Waals surface area contributed by atoms with Gasteiger partial charge in [0.1, 0.15) is 5.82 Å². The molecule has 4 heteroatoms. The molecule has 0 saturated carbocycles. The van der Waals surface area contributed by atoms with E-state index < -0.39 is 17.6 Å². The van der Waals surface area contributed by atoms with Crippen LogP contribution in [0.4, 0.5) is 17.6 Å². The molecule has 0 bridgehead atoms. The highest BCUT2D eigenvalue weighted by molar-refractivity contribution is 5.25. The highest BCUT2D eigenvalue weighted by Gasteiger charge is 2.30. The van der Waals surface area contributed by atoms with Gasteiger partial charge in [0.15, 0.2) is 0 Å². The van der Waals surface area contributed by atoms with E-state index in [1.807, 2.05) is 13.8 Å². The smallest absolute Gasteiger partial charge is 0.207 e. The van der Waals surface area contributed by atoms with Gasteiger partial charge in [-0.15, -0.1) is 0 Å². The summed E-state index contributed by atoms with van der Waals surface area (Å²) in [6, 6.07) is 2.44. The Labute approximate surface area is 80.6 Å². The Hall–Kier alpha value is -1.06. The summed E-state index contributed by atoms with van der Waals surface area (Å²) in [6.07, 6.45) is -4.47. The third kappa shape index (κ3) is 3.77. The van der Waals surface area contributed by atoms with Gasteiger partial charge in [-0.2, -0.15) is 13.2 Å². The van der Waals surface area contributed by atoms with E-state index >= 15 is 0 Å². The van der Waals surface area contributed by atoms with Crippen LogP contribution in [-0.4, -0.2) is 0 Å². The van der Waals surface area contributed by atoms with E-state index in [2.05, 4.69) is 0 Å². The molecule has 0 unspecified atom stereocenters. The third-order valence-corrected chi connectivity index (χ3v) is 1.37. The van der Waals surface area contributed by atoms with Gasteiger partial charge in [0.2, 0.25) is 0 Å². The van der Waals surface area contributed by atoms with E-state index in [0.717, 1.165) is 12.1 Å². The number of rotatable bonds is 0. The lowest BCUT2D eigenvalue weighted by Crippen LogP contribution is -2.05. The Morgan fingerprint density at radius 3 is 1.86 bits per heavy atom. The maximum Gasteiger partial charge on any atom is 0.416 e. The largest absolute Gasteiger partial charge is 0.416 e. The molecule has 1 aromatic rings. The zero-order chi connectivity index (χ0) is 11.4. The first-order valence-corrected chi connectivity index (χ1v) is 4.24. The Bertz CT molecular complexity index is 268. The van der Waals surface area contributed by atoms with Crippen molar-refractivity contribution in [3.8, 4) is 0 Å². The van der Waals surface area contributed by atoms with Crippen molar-refractivity contribution in [2.75, 3.05) is 0 Å². The SMILES string of the molecule is CC.Cc1cc(F)cc(C(F)(F)F)c1. The highest BCUT2D eigenvalue weighted by Crippen LogP contribution is 2.30. The number of aryl methyl sites for hydroxylation is 1. The van der Waals surface area contributed by atoms with Crippen molar-refractivity contribution in [2.45, 2.75) is 26.9 Å². The number of benzene rings is 1. The summed E-state index contributed by atoms with van der Waals surface area (Å²) in [4.78, 5) is 0. The molecule has 1 aromatic carbocycles. The average Bonchev–Trinajstić information content (AvgIpc) is 2.04. The van der Waals surface area contributed by atoms with Crippen LogP contribution in [0.5, 0.6) is 0 Å². The average molecular weight is 208 g/mol. The van der Waals surface area contributed by atoms with Crippen molar-refractivity contribution in [1.82, 2.24) is 0 Å². The van der Waals surface area contributed by atoms with E-state index in [1.54, 1.807) is 0 Å². The van der Waals surface area contributed by atoms with Gasteiger partial charge in [-0.25, -0.2) is 4.39 Å². The molecule has 0 aliphatic heterocycles. The van der Waals surface area contributed by atoms with Gasteiger partial charge >= 0.3 is 6.18 Å². The quantitative estimate of drug-likeness (QED) is 0.561. The van der Waals surface area contributed by atoms with E-state index in [9.17, 15) is 17.6 Å². The van der Waals surface area contributed by atoms with E-state index in [1.165, 1.54) is 6.92 Å². The predicted octanol–water partition coefficient (Wildman–Crippen LogP) is 4.18. The second-order valence-corrected chi connectivity index (χ2v) is 2.52. The van der Waals surface area contributed by atoms with E-state index in [-0.39, 0.29) is 5.56 Å². The fourth-order valence-corrected chi connectivity index (χ4v) is 0.900. The highest BCUT2D eigenvalue weighted by atomic mass is 19.4. The second-order valence-electron chi connectivity index (χ2n) is 2.52. The van der Waals surface area contributed by atoms with Gasteiger partial charge in [0.25, 0.3) is 0 Å². The van der Waals surface area contributed by atoms with Crippen LogP contribution in [0, 0.1) is 12.7 Å². The van der Waals surface area contributed by atoms with Crippen LogP contribution in [0.2, 0.25) is 0 Å². The van der Waals surface area contributed by atoms with Gasteiger partial charge in [-0.1, -0.05) is 13.8 Å². The van der Waals surface area contributed by atoms with Crippen LogP contribution < -0.4 is 0 Å². The van der Waals surface area contributed by atoms with Gasteiger partial charge in [-0.3, -0.25) is 0 Å². The van der Waals surface area contributed by atoms with Gasteiger partial charge in [0, 0.05) is 0 Å². The van der Waals surface area contributed by atoms with Crippen molar-refractivity contribution in [3.63, 3.8) is 0 Å². The first-order valence-electron chi connectivity index (χ1n) is 4.24. The second kappa shape index (κ2) is 4.98. The molecule has 0 atom stereocenters. The van der Waals surface area contributed by atoms with Crippen molar-refractivity contribution in [2.24, 2.45) is 0 Å². The van der Waals surface area contributed by atoms with Crippen molar-refractivity contribution < 1.29 is 17.6 Å². The number of alkyl halides is 3. The molecular weight excluding hydrogens is 196 g/mol. The summed E-state index contributed by atoms with van der Waals surface area (Å²) in [6.45, 7) is 5.42. The van der Waals surface area contributed by atoms with Crippen LogP contribution >= 0.6 is 0 Å². The number of hydrogen-bond donors (Lipinski definition) is 0. The molecule has 0 radical (unpaired) electrons. The predicted molar refractivity (Wildman–Crippen MR) is 47.5 cm³/mol.